The first-order valence-corrected chi connectivity index (χ1v) is 9.66. The molecule has 0 atom stereocenters. The van der Waals surface area contributed by atoms with Crippen LogP contribution < -0.4 is 19.5 Å². The van der Waals surface area contributed by atoms with Gasteiger partial charge in [-0.2, -0.15) is 0 Å². The first-order valence-electron chi connectivity index (χ1n) is 9.66. The van der Waals surface area contributed by atoms with Crippen LogP contribution in [0.1, 0.15) is 22.3 Å². The Morgan fingerprint density at radius 1 is 0.933 bits per heavy atom. The average Bonchev–Trinajstić information content (AvgIpc) is 2.72. The van der Waals surface area contributed by atoms with E-state index in [0.717, 1.165) is 22.4 Å². The zero-order valence-corrected chi connectivity index (χ0v) is 17.7. The number of pyridine rings is 1. The third-order valence-electron chi connectivity index (χ3n) is 4.54. The van der Waals surface area contributed by atoms with Crippen molar-refractivity contribution in [1.82, 2.24) is 4.98 Å². The Bertz CT molecular complexity index is 996. The molecule has 1 heterocycles. The molecule has 0 saturated heterocycles. The van der Waals surface area contributed by atoms with Crippen molar-refractivity contribution in [2.24, 2.45) is 0 Å². The fraction of sp³-hybridized carbons (Fsp3) is 0.250. The second kappa shape index (κ2) is 9.78. The lowest BCUT2D eigenvalue weighted by Crippen LogP contribution is -2.20. The van der Waals surface area contributed by atoms with E-state index in [2.05, 4.69) is 10.3 Å². The number of hydrogen-bond donors (Lipinski definition) is 1. The molecular weight excluding hydrogens is 380 g/mol. The summed E-state index contributed by atoms with van der Waals surface area (Å²) in [5.41, 5.74) is 4.78. The summed E-state index contributed by atoms with van der Waals surface area (Å²) >= 11 is 0. The monoisotopic (exact) mass is 406 g/mol. The molecule has 0 unspecified atom stereocenters. The van der Waals surface area contributed by atoms with E-state index in [9.17, 15) is 4.79 Å². The number of carbonyl (C=O) groups excluding carboxylic acids is 1. The Kier molecular flexibility index (Phi) is 6.91. The van der Waals surface area contributed by atoms with Crippen molar-refractivity contribution in [3.05, 3.63) is 77.1 Å². The number of aryl methyl sites for hydroxylation is 3. The van der Waals surface area contributed by atoms with E-state index in [-0.39, 0.29) is 12.5 Å². The van der Waals surface area contributed by atoms with E-state index < -0.39 is 0 Å². The van der Waals surface area contributed by atoms with Crippen molar-refractivity contribution < 1.29 is 19.0 Å². The largest absolute Gasteiger partial charge is 0.493 e. The van der Waals surface area contributed by atoms with Crippen LogP contribution in [-0.2, 0) is 11.4 Å². The van der Waals surface area contributed by atoms with Gasteiger partial charge >= 0.3 is 0 Å². The number of hydrogen-bond acceptors (Lipinski definition) is 5. The second-order valence-corrected chi connectivity index (χ2v) is 7.07. The van der Waals surface area contributed by atoms with Crippen LogP contribution >= 0.6 is 0 Å². The molecule has 0 saturated carbocycles. The zero-order chi connectivity index (χ0) is 21.5. The minimum absolute atomic E-state index is 0.0794. The number of nitrogens with zero attached hydrogens (tertiary/aromatic N) is 1. The lowest BCUT2D eigenvalue weighted by Gasteiger charge is -2.15. The van der Waals surface area contributed by atoms with Crippen LogP contribution in [0.15, 0.2) is 54.9 Å². The molecule has 30 heavy (non-hydrogen) atoms. The Balaban J connectivity index is 1.63. The Morgan fingerprint density at radius 2 is 1.63 bits per heavy atom. The number of methoxy groups -OCH3 is 1. The van der Waals surface area contributed by atoms with E-state index in [1.54, 1.807) is 37.7 Å². The number of anilines is 1. The zero-order valence-electron chi connectivity index (χ0n) is 17.7. The van der Waals surface area contributed by atoms with Gasteiger partial charge in [-0.05, 0) is 61.7 Å². The molecule has 0 aliphatic rings. The fourth-order valence-electron chi connectivity index (χ4n) is 3.24. The van der Waals surface area contributed by atoms with Gasteiger partial charge in [0.05, 0.1) is 7.11 Å². The fourth-order valence-corrected chi connectivity index (χ4v) is 3.24. The van der Waals surface area contributed by atoms with Crippen molar-refractivity contribution in [3.8, 4) is 17.2 Å². The predicted octanol–water partition coefficient (Wildman–Crippen LogP) is 4.61. The molecule has 6 nitrogen and oxygen atoms in total. The third kappa shape index (κ3) is 5.50. The average molecular weight is 406 g/mol. The first kappa shape index (κ1) is 21.2. The van der Waals surface area contributed by atoms with Crippen molar-refractivity contribution in [1.29, 1.82) is 0 Å². The van der Waals surface area contributed by atoms with E-state index in [1.807, 2.05) is 45.0 Å². The highest BCUT2D eigenvalue weighted by Crippen LogP contribution is 2.31. The van der Waals surface area contributed by atoms with Gasteiger partial charge in [-0.15, -0.1) is 0 Å². The van der Waals surface area contributed by atoms with Gasteiger partial charge < -0.3 is 19.5 Å². The van der Waals surface area contributed by atoms with Crippen LogP contribution in [-0.4, -0.2) is 24.6 Å². The molecule has 1 amide bonds. The maximum Gasteiger partial charge on any atom is 0.262 e. The maximum atomic E-state index is 12.4. The quantitative estimate of drug-likeness (QED) is 0.591. The highest BCUT2D eigenvalue weighted by atomic mass is 16.5. The van der Waals surface area contributed by atoms with Crippen LogP contribution in [0.2, 0.25) is 0 Å². The molecular formula is C24H26N2O4. The lowest BCUT2D eigenvalue weighted by molar-refractivity contribution is -0.118. The second-order valence-electron chi connectivity index (χ2n) is 7.07. The van der Waals surface area contributed by atoms with Gasteiger partial charge in [0.25, 0.3) is 5.91 Å². The van der Waals surface area contributed by atoms with Gasteiger partial charge in [-0.3, -0.25) is 9.78 Å². The molecule has 156 valence electrons. The Labute approximate surface area is 176 Å². The van der Waals surface area contributed by atoms with Crippen molar-refractivity contribution in [3.63, 3.8) is 0 Å². The molecule has 3 rings (SSSR count). The molecule has 0 aliphatic heterocycles. The topological polar surface area (TPSA) is 69.7 Å². The molecule has 1 aromatic heterocycles. The number of carbonyl (C=O) groups is 1. The van der Waals surface area contributed by atoms with Crippen molar-refractivity contribution >= 4 is 11.6 Å². The summed E-state index contributed by atoms with van der Waals surface area (Å²) in [5.74, 6) is 1.62. The van der Waals surface area contributed by atoms with Gasteiger partial charge in [-0.1, -0.05) is 17.7 Å². The van der Waals surface area contributed by atoms with Crippen molar-refractivity contribution in [2.75, 3.05) is 19.0 Å². The summed E-state index contributed by atoms with van der Waals surface area (Å²) in [4.78, 5) is 16.4. The highest BCUT2D eigenvalue weighted by Gasteiger charge is 2.11. The molecule has 2 aromatic carbocycles. The molecule has 0 aliphatic carbocycles. The molecule has 0 radical (unpaired) electrons. The number of ether oxygens (including phenoxy) is 3. The van der Waals surface area contributed by atoms with E-state index in [4.69, 9.17) is 14.2 Å². The van der Waals surface area contributed by atoms with Crippen LogP contribution in [0.25, 0.3) is 0 Å². The summed E-state index contributed by atoms with van der Waals surface area (Å²) in [6.07, 6.45) is 3.42. The summed E-state index contributed by atoms with van der Waals surface area (Å²) in [6, 6.07) is 13.1. The van der Waals surface area contributed by atoms with Crippen molar-refractivity contribution in [2.45, 2.75) is 27.4 Å². The van der Waals surface area contributed by atoms with Crippen LogP contribution in [0.3, 0.4) is 0 Å². The Morgan fingerprint density at radius 3 is 2.30 bits per heavy atom. The standard InChI is InChI=1S/C24H26N2O4/c1-16-11-17(2)24(18(3)12-16)30-15-23(27)26-20-5-6-21(28-4)22(13-20)29-14-19-7-9-25-10-8-19/h5-13H,14-15H2,1-4H3,(H,26,27). The summed E-state index contributed by atoms with van der Waals surface area (Å²) in [7, 11) is 1.58. The molecule has 0 bridgehead atoms. The maximum absolute atomic E-state index is 12.4. The van der Waals surface area contributed by atoms with Crippen LogP contribution in [0.4, 0.5) is 5.69 Å². The van der Waals surface area contributed by atoms with E-state index in [1.165, 1.54) is 5.56 Å². The predicted molar refractivity (Wildman–Crippen MR) is 116 cm³/mol. The number of aromatic nitrogens is 1. The van der Waals surface area contributed by atoms with Gasteiger partial charge in [0.1, 0.15) is 12.4 Å². The van der Waals surface area contributed by atoms with E-state index in [0.29, 0.717) is 23.8 Å². The minimum atomic E-state index is -0.250. The summed E-state index contributed by atoms with van der Waals surface area (Å²) in [6.45, 7) is 6.27. The van der Waals surface area contributed by atoms with Gasteiger partial charge in [-0.25, -0.2) is 0 Å². The number of benzene rings is 2. The molecule has 0 spiro atoms. The van der Waals surface area contributed by atoms with Gasteiger partial charge in [0.15, 0.2) is 18.1 Å². The third-order valence-corrected chi connectivity index (χ3v) is 4.54. The first-order chi connectivity index (χ1) is 14.5. The van der Waals surface area contributed by atoms with Crippen LogP contribution in [0, 0.1) is 20.8 Å². The normalized spacial score (nSPS) is 10.4. The van der Waals surface area contributed by atoms with Crippen LogP contribution in [0.5, 0.6) is 17.2 Å². The number of rotatable bonds is 8. The molecule has 6 heteroatoms. The SMILES string of the molecule is COc1ccc(NC(=O)COc2c(C)cc(C)cc2C)cc1OCc1ccncc1. The summed E-state index contributed by atoms with van der Waals surface area (Å²) < 4.78 is 17.0. The van der Waals surface area contributed by atoms with Gasteiger partial charge in [0.2, 0.25) is 0 Å². The molecule has 0 fully saturated rings. The summed E-state index contributed by atoms with van der Waals surface area (Å²) in [5, 5.41) is 2.84. The Hall–Kier alpha value is -3.54. The smallest absolute Gasteiger partial charge is 0.262 e. The molecule has 1 N–H and O–H groups in total. The molecule has 3 aromatic rings. The van der Waals surface area contributed by atoms with Gasteiger partial charge in [0, 0.05) is 24.1 Å². The van der Waals surface area contributed by atoms with E-state index >= 15 is 0 Å². The number of nitrogens with one attached hydrogen (secondary N) is 1. The highest BCUT2D eigenvalue weighted by molar-refractivity contribution is 5.92. The lowest BCUT2D eigenvalue weighted by atomic mass is 10.1. The minimum Gasteiger partial charge on any atom is -0.493 e. The number of amides is 1.